The minimum Gasteiger partial charge on any atom is -0.420 e. The van der Waals surface area contributed by atoms with Crippen molar-refractivity contribution in [3.8, 4) is 0 Å². The molecule has 1 heterocycles. The fraction of sp³-hybridized carbons (Fsp3) is 0.667. The first kappa shape index (κ1) is 13.1. The van der Waals surface area contributed by atoms with Crippen LogP contribution in [-0.4, -0.2) is 32.7 Å². The lowest BCUT2D eigenvalue weighted by Crippen LogP contribution is -2.66. The molecule has 0 amide bonds. The molecule has 0 bridgehead atoms. The van der Waals surface area contributed by atoms with Gasteiger partial charge < -0.3 is 12.3 Å². The standard InChI is InChI=1S/C6H13F3O3Si3/c1-5(7)6(8,9)15(4)11-13-10-14(2,3)12-15/h1,13H2,2-4H3. The molecule has 0 aromatic heterocycles. The highest BCUT2D eigenvalue weighted by molar-refractivity contribution is 6.86. The topological polar surface area (TPSA) is 27.7 Å². The van der Waals surface area contributed by atoms with Crippen molar-refractivity contribution in [3.63, 3.8) is 0 Å². The van der Waals surface area contributed by atoms with Gasteiger partial charge in [0, 0.05) is 0 Å². The molecular weight excluding hydrogens is 261 g/mol. The van der Waals surface area contributed by atoms with Crippen molar-refractivity contribution < 1.29 is 25.5 Å². The van der Waals surface area contributed by atoms with Crippen molar-refractivity contribution in [2.24, 2.45) is 0 Å². The van der Waals surface area contributed by atoms with E-state index in [1.165, 1.54) is 0 Å². The summed E-state index contributed by atoms with van der Waals surface area (Å²) in [6, 6.07) is 0. The molecule has 88 valence electrons. The molecule has 0 aromatic rings. The van der Waals surface area contributed by atoms with Crippen LogP contribution in [0.2, 0.25) is 19.6 Å². The van der Waals surface area contributed by atoms with Crippen molar-refractivity contribution in [3.05, 3.63) is 12.4 Å². The molecule has 0 N–H and O–H groups in total. The Bertz CT molecular complexity index is 286. The second kappa shape index (κ2) is 3.82. The first-order valence-electron chi connectivity index (χ1n) is 4.31. The lowest BCUT2D eigenvalue weighted by molar-refractivity contribution is 0.0475. The van der Waals surface area contributed by atoms with Crippen LogP contribution in [0.3, 0.4) is 0 Å². The highest BCUT2D eigenvalue weighted by atomic mass is 28.5. The Morgan fingerprint density at radius 2 is 1.80 bits per heavy atom. The minimum atomic E-state index is -3.87. The normalized spacial score (nSPS) is 32.9. The van der Waals surface area contributed by atoms with Crippen molar-refractivity contribution in [1.29, 1.82) is 0 Å². The van der Waals surface area contributed by atoms with Gasteiger partial charge in [-0.15, -0.1) is 0 Å². The number of hydrogen-bond acceptors (Lipinski definition) is 3. The van der Waals surface area contributed by atoms with Crippen LogP contribution in [0.25, 0.3) is 0 Å². The van der Waals surface area contributed by atoms with Gasteiger partial charge >= 0.3 is 22.7 Å². The van der Waals surface area contributed by atoms with Crippen LogP contribution in [0.4, 0.5) is 13.2 Å². The quantitative estimate of drug-likeness (QED) is 0.714. The predicted octanol–water partition coefficient (Wildman–Crippen LogP) is 1.48. The van der Waals surface area contributed by atoms with Gasteiger partial charge in [-0.1, -0.05) is 6.58 Å². The molecule has 1 fully saturated rings. The fourth-order valence-electron chi connectivity index (χ4n) is 1.21. The molecule has 1 saturated heterocycles. The van der Waals surface area contributed by atoms with Gasteiger partial charge in [0.15, 0.2) is 5.83 Å². The third-order valence-corrected chi connectivity index (χ3v) is 13.0. The Labute approximate surface area is 90.8 Å². The van der Waals surface area contributed by atoms with Gasteiger partial charge in [0.25, 0.3) is 10.0 Å². The van der Waals surface area contributed by atoms with Crippen molar-refractivity contribution >= 4 is 27.1 Å². The second-order valence-corrected chi connectivity index (χ2v) is 12.5. The zero-order valence-corrected chi connectivity index (χ0v) is 12.2. The van der Waals surface area contributed by atoms with Crippen LogP contribution in [0.1, 0.15) is 0 Å². The predicted molar refractivity (Wildman–Crippen MR) is 56.1 cm³/mol. The van der Waals surface area contributed by atoms with Crippen molar-refractivity contribution in [1.82, 2.24) is 0 Å². The van der Waals surface area contributed by atoms with E-state index >= 15 is 0 Å². The summed E-state index contributed by atoms with van der Waals surface area (Å²) in [5.41, 5.74) is -3.71. The molecule has 0 spiro atoms. The Morgan fingerprint density at radius 1 is 1.27 bits per heavy atom. The molecule has 15 heavy (non-hydrogen) atoms. The fourth-order valence-corrected chi connectivity index (χ4v) is 11.0. The summed E-state index contributed by atoms with van der Waals surface area (Å²) in [6.45, 7) is 7.09. The molecule has 0 aromatic carbocycles. The van der Waals surface area contributed by atoms with Crippen molar-refractivity contribution in [2.75, 3.05) is 0 Å². The Morgan fingerprint density at radius 3 is 2.20 bits per heavy atom. The molecule has 1 rings (SSSR count). The first-order valence-corrected chi connectivity index (χ1v) is 10.6. The number of allylic oxidation sites excluding steroid dienone is 1. The first-order chi connectivity index (χ1) is 6.61. The summed E-state index contributed by atoms with van der Waals surface area (Å²) in [4.78, 5) is 0. The summed E-state index contributed by atoms with van der Waals surface area (Å²) in [7, 11) is -7.94. The molecular formula is C6H13F3O3Si3. The molecule has 1 atom stereocenters. The molecule has 0 aliphatic carbocycles. The van der Waals surface area contributed by atoms with E-state index in [4.69, 9.17) is 12.3 Å². The van der Waals surface area contributed by atoms with E-state index in [1.54, 1.807) is 13.1 Å². The largest absolute Gasteiger partial charge is 0.420 e. The average Bonchev–Trinajstić information content (AvgIpc) is 2.00. The van der Waals surface area contributed by atoms with Crippen LogP contribution < -0.4 is 0 Å². The van der Waals surface area contributed by atoms with Crippen LogP contribution in [-0.2, 0) is 12.3 Å². The highest BCUT2D eigenvalue weighted by Gasteiger charge is 2.63. The smallest absolute Gasteiger partial charge is 0.402 e. The second-order valence-electron chi connectivity index (χ2n) is 3.83. The molecule has 1 unspecified atom stereocenters. The van der Waals surface area contributed by atoms with E-state index in [9.17, 15) is 13.2 Å². The van der Waals surface area contributed by atoms with Gasteiger partial charge in [-0.25, -0.2) is 4.39 Å². The zero-order chi connectivity index (χ0) is 11.9. The molecule has 0 radical (unpaired) electrons. The van der Waals surface area contributed by atoms with Crippen molar-refractivity contribution in [2.45, 2.75) is 25.2 Å². The van der Waals surface area contributed by atoms with Crippen LogP contribution in [0.15, 0.2) is 12.4 Å². The molecule has 3 nitrogen and oxygen atoms in total. The molecule has 1 aliphatic rings. The van der Waals surface area contributed by atoms with Gasteiger partial charge in [-0.05, 0) is 19.6 Å². The number of rotatable bonds is 2. The van der Waals surface area contributed by atoms with Crippen LogP contribution in [0.5, 0.6) is 0 Å². The van der Waals surface area contributed by atoms with E-state index in [0.29, 0.717) is 0 Å². The Hall–Kier alpha value is 0.0606. The number of alkyl halides is 2. The maximum absolute atomic E-state index is 13.5. The minimum absolute atomic E-state index is 1.15. The number of hydrogen-bond donors (Lipinski definition) is 0. The van der Waals surface area contributed by atoms with E-state index in [2.05, 4.69) is 6.58 Å². The summed E-state index contributed by atoms with van der Waals surface area (Å²) < 4.78 is 55.0. The maximum atomic E-state index is 13.5. The van der Waals surface area contributed by atoms with Gasteiger partial charge in [-0.2, -0.15) is 8.78 Å². The number of halogens is 3. The van der Waals surface area contributed by atoms with Gasteiger partial charge in [0.1, 0.15) is 0 Å². The summed E-state index contributed by atoms with van der Waals surface area (Å²) in [5.74, 6) is -1.70. The summed E-state index contributed by atoms with van der Waals surface area (Å²) in [6.07, 6.45) is 0. The monoisotopic (exact) mass is 274 g/mol. The van der Waals surface area contributed by atoms with Crippen LogP contribution >= 0.6 is 0 Å². The van der Waals surface area contributed by atoms with Gasteiger partial charge in [0.2, 0.25) is 0 Å². The average molecular weight is 274 g/mol. The van der Waals surface area contributed by atoms with E-state index in [-0.39, 0.29) is 0 Å². The van der Waals surface area contributed by atoms with E-state index < -0.39 is 38.5 Å². The molecule has 0 saturated carbocycles. The SMILES string of the molecule is C=C(F)C(F)(F)[Si]1(C)O[SiH2]O[Si](C)(C)O1. The Balaban J connectivity index is 2.96. The summed E-state index contributed by atoms with van der Waals surface area (Å²) in [5, 5.41) is 0. The van der Waals surface area contributed by atoms with E-state index in [1.807, 2.05) is 0 Å². The lowest BCUT2D eigenvalue weighted by atomic mass is 10.6. The van der Waals surface area contributed by atoms with Gasteiger partial charge in [0.05, 0.1) is 0 Å². The molecule has 1 aliphatic heterocycles. The lowest BCUT2D eigenvalue weighted by Gasteiger charge is -2.43. The summed E-state index contributed by atoms with van der Waals surface area (Å²) >= 11 is 0. The maximum Gasteiger partial charge on any atom is 0.402 e. The van der Waals surface area contributed by atoms with Crippen LogP contribution in [0, 0.1) is 0 Å². The molecule has 9 heteroatoms. The third kappa shape index (κ3) is 2.42. The Kier molecular flexibility index (Phi) is 3.34. The van der Waals surface area contributed by atoms with E-state index in [0.717, 1.165) is 6.55 Å². The zero-order valence-electron chi connectivity index (χ0n) is 8.77. The highest BCUT2D eigenvalue weighted by Crippen LogP contribution is 2.39. The third-order valence-electron chi connectivity index (χ3n) is 2.09. The van der Waals surface area contributed by atoms with Gasteiger partial charge in [-0.3, -0.25) is 0 Å².